The average molecular weight is 404 g/mol. The molecule has 0 bridgehead atoms. The first-order valence-electron chi connectivity index (χ1n) is 6.81. The quantitative estimate of drug-likeness (QED) is 0.391. The van der Waals surface area contributed by atoms with Crippen molar-refractivity contribution in [3.05, 3.63) is 68.7 Å². The molecular formula is C16H10BrN3O3S. The molecule has 0 radical (unpaired) electrons. The van der Waals surface area contributed by atoms with Gasteiger partial charge in [0.25, 0.3) is 5.69 Å². The summed E-state index contributed by atoms with van der Waals surface area (Å²) in [6, 6.07) is 11.9. The maximum absolute atomic E-state index is 12.0. The predicted molar refractivity (Wildman–Crippen MR) is 98.1 cm³/mol. The molecule has 1 aromatic heterocycles. The summed E-state index contributed by atoms with van der Waals surface area (Å²) in [5.41, 5.74) is 1.50. The Labute approximate surface area is 149 Å². The SMILES string of the molecule is O=C(/C=C/c1ccc(Br)cc1)Nc1nc2ccc([N+](=O)[O-])cc2s1. The Morgan fingerprint density at radius 2 is 2.00 bits per heavy atom. The Bertz CT molecular complexity index is 951. The number of thiazole rings is 1. The topological polar surface area (TPSA) is 85.1 Å². The highest BCUT2D eigenvalue weighted by atomic mass is 79.9. The summed E-state index contributed by atoms with van der Waals surface area (Å²) < 4.78 is 1.61. The predicted octanol–water partition coefficient (Wildman–Crippen LogP) is 4.62. The first-order valence-corrected chi connectivity index (χ1v) is 8.42. The van der Waals surface area contributed by atoms with Crippen LogP contribution < -0.4 is 5.32 Å². The molecule has 0 atom stereocenters. The van der Waals surface area contributed by atoms with Crippen molar-refractivity contribution in [1.82, 2.24) is 4.98 Å². The average Bonchev–Trinajstić information content (AvgIpc) is 2.95. The lowest BCUT2D eigenvalue weighted by Gasteiger charge is -1.96. The van der Waals surface area contributed by atoms with E-state index in [2.05, 4.69) is 26.2 Å². The zero-order valence-corrected chi connectivity index (χ0v) is 14.5. The first-order chi connectivity index (χ1) is 11.5. The minimum atomic E-state index is -0.460. The molecule has 8 heteroatoms. The van der Waals surface area contributed by atoms with Gasteiger partial charge < -0.3 is 0 Å². The van der Waals surface area contributed by atoms with E-state index in [1.165, 1.54) is 29.5 Å². The van der Waals surface area contributed by atoms with Crippen LogP contribution in [0.1, 0.15) is 5.56 Å². The zero-order valence-electron chi connectivity index (χ0n) is 12.1. The Balaban J connectivity index is 1.73. The van der Waals surface area contributed by atoms with Gasteiger partial charge in [-0.2, -0.15) is 0 Å². The Morgan fingerprint density at radius 1 is 1.25 bits per heavy atom. The van der Waals surface area contributed by atoms with Crippen molar-refractivity contribution in [3.63, 3.8) is 0 Å². The van der Waals surface area contributed by atoms with E-state index in [1.807, 2.05) is 24.3 Å². The highest BCUT2D eigenvalue weighted by molar-refractivity contribution is 9.10. The summed E-state index contributed by atoms with van der Waals surface area (Å²) in [6.45, 7) is 0. The number of hydrogen-bond donors (Lipinski definition) is 1. The highest BCUT2D eigenvalue weighted by Gasteiger charge is 2.11. The van der Waals surface area contributed by atoms with E-state index < -0.39 is 4.92 Å². The summed E-state index contributed by atoms with van der Waals surface area (Å²) in [5, 5.41) is 13.8. The Morgan fingerprint density at radius 3 is 2.71 bits per heavy atom. The number of aromatic nitrogens is 1. The molecule has 0 saturated heterocycles. The van der Waals surface area contributed by atoms with Crippen LogP contribution in [0.5, 0.6) is 0 Å². The molecule has 0 spiro atoms. The Kier molecular flexibility index (Phi) is 4.68. The first kappa shape index (κ1) is 16.3. The third-order valence-electron chi connectivity index (χ3n) is 3.11. The lowest BCUT2D eigenvalue weighted by Crippen LogP contribution is -2.07. The smallest absolute Gasteiger partial charge is 0.270 e. The monoisotopic (exact) mass is 403 g/mol. The fraction of sp³-hybridized carbons (Fsp3) is 0. The van der Waals surface area contributed by atoms with E-state index >= 15 is 0 Å². The molecule has 24 heavy (non-hydrogen) atoms. The fourth-order valence-corrected chi connectivity index (χ4v) is 3.14. The molecule has 0 unspecified atom stereocenters. The van der Waals surface area contributed by atoms with Crippen molar-refractivity contribution >= 4 is 60.3 Å². The van der Waals surface area contributed by atoms with Gasteiger partial charge in [-0.25, -0.2) is 4.98 Å². The third-order valence-corrected chi connectivity index (χ3v) is 4.57. The van der Waals surface area contributed by atoms with Crippen LogP contribution in [0.2, 0.25) is 0 Å². The molecule has 0 aliphatic carbocycles. The maximum Gasteiger partial charge on any atom is 0.270 e. The van der Waals surface area contributed by atoms with Gasteiger partial charge in [-0.3, -0.25) is 20.2 Å². The van der Waals surface area contributed by atoms with Crippen molar-refractivity contribution in [2.45, 2.75) is 0 Å². The number of halogens is 1. The lowest BCUT2D eigenvalue weighted by molar-refractivity contribution is -0.384. The summed E-state index contributed by atoms with van der Waals surface area (Å²) in [5.74, 6) is -0.313. The van der Waals surface area contributed by atoms with E-state index in [0.29, 0.717) is 15.3 Å². The molecule has 1 heterocycles. The minimum absolute atomic E-state index is 0.000777. The standard InChI is InChI=1S/C16H10BrN3O3S/c17-11-4-1-10(2-5-11)3-8-15(21)19-16-18-13-7-6-12(20(22)23)9-14(13)24-16/h1-9H,(H,18,19,21)/b8-3+. The van der Waals surface area contributed by atoms with E-state index in [9.17, 15) is 14.9 Å². The van der Waals surface area contributed by atoms with E-state index in [0.717, 1.165) is 10.0 Å². The van der Waals surface area contributed by atoms with Crippen LogP contribution in [0.3, 0.4) is 0 Å². The second-order valence-electron chi connectivity index (χ2n) is 4.80. The Hall–Kier alpha value is -2.58. The number of nitro groups is 1. The van der Waals surface area contributed by atoms with Crippen molar-refractivity contribution < 1.29 is 9.72 Å². The molecule has 0 saturated carbocycles. The van der Waals surface area contributed by atoms with E-state index in [1.54, 1.807) is 12.1 Å². The molecule has 1 amide bonds. The number of carbonyl (C=O) groups excluding carboxylic acids is 1. The zero-order chi connectivity index (χ0) is 17.1. The minimum Gasteiger partial charge on any atom is -0.298 e. The number of nitrogens with zero attached hydrogens (tertiary/aromatic N) is 2. The summed E-state index contributed by atoms with van der Waals surface area (Å²) in [6.07, 6.45) is 3.11. The number of amides is 1. The maximum atomic E-state index is 12.0. The third kappa shape index (κ3) is 3.84. The number of hydrogen-bond acceptors (Lipinski definition) is 5. The van der Waals surface area contributed by atoms with E-state index in [4.69, 9.17) is 0 Å². The molecule has 120 valence electrons. The lowest BCUT2D eigenvalue weighted by atomic mass is 10.2. The molecule has 0 fully saturated rings. The molecule has 2 aromatic carbocycles. The highest BCUT2D eigenvalue weighted by Crippen LogP contribution is 2.29. The second kappa shape index (κ2) is 6.90. The largest absolute Gasteiger partial charge is 0.298 e. The molecule has 3 aromatic rings. The number of benzene rings is 2. The number of fused-ring (bicyclic) bond motifs is 1. The molecule has 0 aliphatic rings. The van der Waals surface area contributed by atoms with Crippen LogP contribution in [0.25, 0.3) is 16.3 Å². The number of nitro benzene ring substituents is 1. The van der Waals surface area contributed by atoms with Gasteiger partial charge in [0.1, 0.15) is 0 Å². The number of rotatable bonds is 4. The number of carbonyl (C=O) groups is 1. The molecule has 6 nitrogen and oxygen atoms in total. The van der Waals surface area contributed by atoms with Crippen LogP contribution >= 0.6 is 27.3 Å². The van der Waals surface area contributed by atoms with Crippen molar-refractivity contribution in [1.29, 1.82) is 0 Å². The van der Waals surface area contributed by atoms with Gasteiger partial charge >= 0.3 is 0 Å². The number of anilines is 1. The normalized spacial score (nSPS) is 11.0. The van der Waals surface area contributed by atoms with Crippen LogP contribution in [0.4, 0.5) is 10.8 Å². The van der Waals surface area contributed by atoms with Crippen LogP contribution in [-0.4, -0.2) is 15.8 Å². The van der Waals surface area contributed by atoms with Crippen LogP contribution in [-0.2, 0) is 4.79 Å². The van der Waals surface area contributed by atoms with Gasteiger partial charge in [0.15, 0.2) is 5.13 Å². The second-order valence-corrected chi connectivity index (χ2v) is 6.75. The molecule has 0 aliphatic heterocycles. The molecule has 3 rings (SSSR count). The van der Waals surface area contributed by atoms with Gasteiger partial charge in [0.05, 0.1) is 15.1 Å². The van der Waals surface area contributed by atoms with Gasteiger partial charge in [0, 0.05) is 22.7 Å². The summed E-state index contributed by atoms with van der Waals surface area (Å²) in [7, 11) is 0. The summed E-state index contributed by atoms with van der Waals surface area (Å²) in [4.78, 5) is 26.5. The van der Waals surface area contributed by atoms with Gasteiger partial charge in [-0.15, -0.1) is 0 Å². The molecule has 1 N–H and O–H groups in total. The fourth-order valence-electron chi connectivity index (χ4n) is 1.97. The number of nitrogens with one attached hydrogen (secondary N) is 1. The van der Waals surface area contributed by atoms with E-state index in [-0.39, 0.29) is 11.6 Å². The van der Waals surface area contributed by atoms with Crippen LogP contribution in [0, 0.1) is 10.1 Å². The van der Waals surface area contributed by atoms with Crippen molar-refractivity contribution in [2.24, 2.45) is 0 Å². The summed E-state index contributed by atoms with van der Waals surface area (Å²) >= 11 is 4.54. The van der Waals surface area contributed by atoms with Gasteiger partial charge in [0.2, 0.25) is 5.91 Å². The van der Waals surface area contributed by atoms with Crippen LogP contribution in [0.15, 0.2) is 53.0 Å². The van der Waals surface area contributed by atoms with Gasteiger partial charge in [-0.05, 0) is 29.8 Å². The van der Waals surface area contributed by atoms with Crippen molar-refractivity contribution in [3.8, 4) is 0 Å². The molecular weight excluding hydrogens is 394 g/mol. The number of non-ortho nitro benzene ring substituents is 1. The van der Waals surface area contributed by atoms with Crippen molar-refractivity contribution in [2.75, 3.05) is 5.32 Å². The van der Waals surface area contributed by atoms with Gasteiger partial charge in [-0.1, -0.05) is 39.4 Å².